The molecule has 1 heterocycles. The first-order valence-corrected chi connectivity index (χ1v) is 9.97. The zero-order valence-electron chi connectivity index (χ0n) is 16.2. The molecule has 0 spiro atoms. The fraction of sp³-hybridized carbons (Fsp3) is 0.409. The van der Waals surface area contributed by atoms with Gasteiger partial charge in [-0.15, -0.1) is 0 Å². The van der Waals surface area contributed by atoms with Gasteiger partial charge in [0, 0.05) is 24.7 Å². The average Bonchev–Trinajstić information content (AvgIpc) is 2.67. The number of carbonyl (C=O) groups is 1. The minimum Gasteiger partial charge on any atom is -0.490 e. The SMILES string of the molecule is CCc1ccc(CN2CCOC(COc3cccc(Cl)c3)(CC(N)=O)C2)cc1. The van der Waals surface area contributed by atoms with Gasteiger partial charge in [-0.05, 0) is 35.7 Å². The summed E-state index contributed by atoms with van der Waals surface area (Å²) in [5.74, 6) is 0.246. The topological polar surface area (TPSA) is 64.8 Å². The lowest BCUT2D eigenvalue weighted by Gasteiger charge is -2.42. The predicted molar refractivity (Wildman–Crippen MR) is 111 cm³/mol. The van der Waals surface area contributed by atoms with Gasteiger partial charge in [0.1, 0.15) is 18.0 Å². The van der Waals surface area contributed by atoms with E-state index < -0.39 is 11.5 Å². The van der Waals surface area contributed by atoms with Gasteiger partial charge in [-0.2, -0.15) is 0 Å². The molecular weight excluding hydrogens is 376 g/mol. The van der Waals surface area contributed by atoms with Crippen LogP contribution in [-0.4, -0.2) is 42.7 Å². The van der Waals surface area contributed by atoms with E-state index in [1.807, 2.05) is 12.1 Å². The number of carbonyl (C=O) groups excluding carboxylic acids is 1. The second-order valence-corrected chi connectivity index (χ2v) is 7.74. The van der Waals surface area contributed by atoms with Gasteiger partial charge in [0.2, 0.25) is 5.91 Å². The number of nitrogens with two attached hydrogens (primary N) is 1. The Morgan fingerprint density at radius 1 is 1.25 bits per heavy atom. The van der Waals surface area contributed by atoms with Crippen molar-refractivity contribution in [1.29, 1.82) is 0 Å². The van der Waals surface area contributed by atoms with E-state index in [-0.39, 0.29) is 13.0 Å². The molecule has 1 fully saturated rings. The average molecular weight is 403 g/mol. The fourth-order valence-corrected chi connectivity index (χ4v) is 3.71. The highest BCUT2D eigenvalue weighted by molar-refractivity contribution is 6.30. The van der Waals surface area contributed by atoms with E-state index in [9.17, 15) is 4.79 Å². The maximum absolute atomic E-state index is 11.7. The van der Waals surface area contributed by atoms with Crippen LogP contribution in [0.5, 0.6) is 5.75 Å². The highest BCUT2D eigenvalue weighted by Gasteiger charge is 2.39. The molecule has 2 aromatic carbocycles. The van der Waals surface area contributed by atoms with Crippen LogP contribution in [0.1, 0.15) is 24.5 Å². The van der Waals surface area contributed by atoms with Crippen molar-refractivity contribution in [2.75, 3.05) is 26.3 Å². The number of halogens is 1. The van der Waals surface area contributed by atoms with Crippen molar-refractivity contribution in [3.05, 3.63) is 64.7 Å². The van der Waals surface area contributed by atoms with Gasteiger partial charge in [-0.1, -0.05) is 48.9 Å². The maximum Gasteiger partial charge on any atom is 0.220 e. The molecule has 1 amide bonds. The first-order chi connectivity index (χ1) is 13.5. The smallest absolute Gasteiger partial charge is 0.220 e. The summed E-state index contributed by atoms with van der Waals surface area (Å²) in [4.78, 5) is 14.0. The summed E-state index contributed by atoms with van der Waals surface area (Å²) in [5, 5.41) is 0.600. The lowest BCUT2D eigenvalue weighted by molar-refractivity contribution is -0.148. The number of aryl methyl sites for hydroxylation is 1. The molecule has 0 aromatic heterocycles. The van der Waals surface area contributed by atoms with Crippen LogP contribution in [0.2, 0.25) is 5.02 Å². The number of nitrogens with zero attached hydrogens (tertiary/aromatic N) is 1. The zero-order valence-corrected chi connectivity index (χ0v) is 17.0. The third kappa shape index (κ3) is 5.71. The normalized spacial score (nSPS) is 20.1. The molecule has 150 valence electrons. The first kappa shape index (κ1) is 20.6. The molecule has 3 rings (SSSR count). The Bertz CT molecular complexity index is 797. The Morgan fingerprint density at radius 2 is 2.00 bits per heavy atom. The molecule has 0 radical (unpaired) electrons. The summed E-state index contributed by atoms with van der Waals surface area (Å²) in [5.41, 5.74) is 7.31. The molecule has 1 aliphatic heterocycles. The van der Waals surface area contributed by atoms with Crippen LogP contribution >= 0.6 is 11.6 Å². The molecule has 1 aliphatic rings. The van der Waals surface area contributed by atoms with Crippen LogP contribution in [0.4, 0.5) is 0 Å². The van der Waals surface area contributed by atoms with Crippen molar-refractivity contribution in [2.24, 2.45) is 5.73 Å². The summed E-state index contributed by atoms with van der Waals surface area (Å²) in [6, 6.07) is 15.8. The minimum atomic E-state index is -0.768. The second-order valence-electron chi connectivity index (χ2n) is 7.30. The molecular formula is C22H27ClN2O3. The highest BCUT2D eigenvalue weighted by atomic mass is 35.5. The molecule has 1 unspecified atom stereocenters. The quantitative estimate of drug-likeness (QED) is 0.734. The van der Waals surface area contributed by atoms with Gasteiger partial charge in [-0.25, -0.2) is 0 Å². The number of primary amides is 1. The van der Waals surface area contributed by atoms with Gasteiger partial charge in [0.15, 0.2) is 0 Å². The number of ether oxygens (including phenoxy) is 2. The van der Waals surface area contributed by atoms with Crippen LogP contribution in [0, 0.1) is 0 Å². The molecule has 5 nitrogen and oxygen atoms in total. The number of rotatable bonds is 8. The second kappa shape index (κ2) is 9.41. The van der Waals surface area contributed by atoms with Crippen LogP contribution in [0.15, 0.2) is 48.5 Å². The summed E-state index contributed by atoms with van der Waals surface area (Å²) in [7, 11) is 0. The molecule has 2 N–H and O–H groups in total. The van der Waals surface area contributed by atoms with E-state index in [1.54, 1.807) is 12.1 Å². The van der Waals surface area contributed by atoms with Gasteiger partial charge >= 0.3 is 0 Å². The molecule has 0 saturated carbocycles. The number of hydrogen-bond donors (Lipinski definition) is 1. The van der Waals surface area contributed by atoms with Crippen molar-refractivity contribution < 1.29 is 14.3 Å². The van der Waals surface area contributed by atoms with Crippen LogP contribution in [-0.2, 0) is 22.5 Å². The standard InChI is InChI=1S/C22H27ClN2O3/c1-2-17-6-8-18(9-7-17)14-25-10-11-28-22(15-25,13-21(24)26)16-27-20-5-3-4-19(23)12-20/h3-9,12H,2,10-11,13-16H2,1H3,(H2,24,26). The third-order valence-corrected chi connectivity index (χ3v) is 5.19. The van der Waals surface area contributed by atoms with Crippen molar-refractivity contribution in [3.8, 4) is 5.75 Å². The van der Waals surface area contributed by atoms with Crippen molar-refractivity contribution in [1.82, 2.24) is 4.90 Å². The summed E-state index contributed by atoms with van der Waals surface area (Å²) in [6.45, 7) is 5.08. The summed E-state index contributed by atoms with van der Waals surface area (Å²) in [6.07, 6.45) is 1.14. The van der Waals surface area contributed by atoms with Gasteiger partial charge < -0.3 is 15.2 Å². The van der Waals surface area contributed by atoms with E-state index in [4.69, 9.17) is 26.8 Å². The third-order valence-electron chi connectivity index (χ3n) is 4.96. The van der Waals surface area contributed by atoms with E-state index in [2.05, 4.69) is 36.1 Å². The van der Waals surface area contributed by atoms with Crippen LogP contribution in [0.3, 0.4) is 0 Å². The number of morpholine rings is 1. The minimum absolute atomic E-state index is 0.110. The molecule has 6 heteroatoms. The van der Waals surface area contributed by atoms with Gasteiger partial charge in [0.25, 0.3) is 0 Å². The van der Waals surface area contributed by atoms with Gasteiger partial charge in [-0.3, -0.25) is 9.69 Å². The number of hydrogen-bond acceptors (Lipinski definition) is 4. The Hall–Kier alpha value is -2.08. The predicted octanol–water partition coefficient (Wildman–Crippen LogP) is 3.43. The molecule has 0 aliphatic carbocycles. The number of amides is 1. The largest absolute Gasteiger partial charge is 0.490 e. The molecule has 1 saturated heterocycles. The van der Waals surface area contributed by atoms with Gasteiger partial charge in [0.05, 0.1) is 13.0 Å². The lowest BCUT2D eigenvalue weighted by Crippen LogP contribution is -2.56. The van der Waals surface area contributed by atoms with Crippen molar-refractivity contribution >= 4 is 17.5 Å². The zero-order chi connectivity index (χ0) is 20.0. The Kier molecular flexibility index (Phi) is 6.94. The van der Waals surface area contributed by atoms with Crippen LogP contribution < -0.4 is 10.5 Å². The van der Waals surface area contributed by atoms with Crippen molar-refractivity contribution in [2.45, 2.75) is 31.9 Å². The van der Waals surface area contributed by atoms with E-state index >= 15 is 0 Å². The summed E-state index contributed by atoms with van der Waals surface area (Å²) < 4.78 is 11.9. The number of benzene rings is 2. The molecule has 0 bridgehead atoms. The summed E-state index contributed by atoms with van der Waals surface area (Å²) >= 11 is 6.03. The van der Waals surface area contributed by atoms with E-state index in [1.165, 1.54) is 11.1 Å². The van der Waals surface area contributed by atoms with Crippen LogP contribution in [0.25, 0.3) is 0 Å². The monoisotopic (exact) mass is 402 g/mol. The Balaban J connectivity index is 1.69. The molecule has 1 atom stereocenters. The highest BCUT2D eigenvalue weighted by Crippen LogP contribution is 2.26. The fourth-order valence-electron chi connectivity index (χ4n) is 3.53. The van der Waals surface area contributed by atoms with E-state index in [0.29, 0.717) is 23.9 Å². The first-order valence-electron chi connectivity index (χ1n) is 9.59. The molecule has 28 heavy (non-hydrogen) atoms. The lowest BCUT2D eigenvalue weighted by atomic mass is 9.97. The Labute approximate surface area is 171 Å². The Morgan fingerprint density at radius 3 is 2.68 bits per heavy atom. The maximum atomic E-state index is 11.7. The van der Waals surface area contributed by atoms with E-state index in [0.717, 1.165) is 19.5 Å². The van der Waals surface area contributed by atoms with Crippen molar-refractivity contribution in [3.63, 3.8) is 0 Å². The molecule has 2 aromatic rings.